The minimum atomic E-state index is -1.03. The molecule has 2 aliphatic rings. The molecule has 11 heteroatoms. The zero-order valence-electron chi connectivity index (χ0n) is 27.1. The maximum absolute atomic E-state index is 16.0. The van der Waals surface area contributed by atoms with Crippen molar-refractivity contribution in [2.24, 2.45) is 17.4 Å². The SMILES string of the molecule is COc1ccc(C(N)=O)c(-c2c(Cl)c(F)cc3c2[C@H](C)[C@@](CNC2CCC(C(=O)N(C)CCCCN)CC2)(c2ccccc2)O3)c1F. The van der Waals surface area contributed by atoms with Gasteiger partial charge in [0.15, 0.2) is 17.2 Å². The predicted molar refractivity (Wildman–Crippen MR) is 179 cm³/mol. The third-order valence-corrected chi connectivity index (χ3v) is 10.2. The maximum atomic E-state index is 16.0. The van der Waals surface area contributed by atoms with Crippen molar-refractivity contribution in [1.82, 2.24) is 10.2 Å². The quantitative estimate of drug-likeness (QED) is 0.200. The van der Waals surface area contributed by atoms with E-state index in [-0.39, 0.29) is 51.1 Å². The van der Waals surface area contributed by atoms with Gasteiger partial charge in [-0.2, -0.15) is 0 Å². The Morgan fingerprint density at radius 3 is 2.43 bits per heavy atom. The summed E-state index contributed by atoms with van der Waals surface area (Å²) in [7, 11) is 3.16. The van der Waals surface area contributed by atoms with Gasteiger partial charge in [0.05, 0.1) is 17.7 Å². The first-order valence-corrected chi connectivity index (χ1v) is 16.5. The molecule has 1 heterocycles. The number of rotatable bonds is 12. The fourth-order valence-electron chi connectivity index (χ4n) is 7.13. The Balaban J connectivity index is 1.46. The Kier molecular flexibility index (Phi) is 10.7. The van der Waals surface area contributed by atoms with Crippen LogP contribution in [0.1, 0.15) is 72.9 Å². The van der Waals surface area contributed by atoms with E-state index in [0.717, 1.165) is 44.1 Å². The number of fused-ring (bicyclic) bond motifs is 1. The molecule has 5 rings (SSSR count). The van der Waals surface area contributed by atoms with E-state index in [9.17, 15) is 9.59 Å². The second kappa shape index (κ2) is 14.6. The molecule has 252 valence electrons. The van der Waals surface area contributed by atoms with Gasteiger partial charge in [0, 0.05) is 60.8 Å². The van der Waals surface area contributed by atoms with E-state index in [2.05, 4.69) is 5.32 Å². The smallest absolute Gasteiger partial charge is 0.249 e. The largest absolute Gasteiger partial charge is 0.494 e. The van der Waals surface area contributed by atoms with Gasteiger partial charge in [-0.25, -0.2) is 8.78 Å². The number of nitrogens with zero attached hydrogens (tertiary/aromatic N) is 1. The fourth-order valence-corrected chi connectivity index (χ4v) is 7.38. The standard InChI is InChI=1S/C36H43ClF2N4O4/c1-21-29-28(19-26(38)32(37)31(29)30-25(34(41)44)15-16-27(46-3)33(30)39)47-36(21,23-9-5-4-6-10-23)20-42-24-13-11-22(12-14-24)35(45)43(2)18-8-7-17-40/h4-6,9-10,15-16,19,21-22,24,42H,7-8,11-14,17-18,20,40H2,1-3H3,(H2,41,44)/t21-,22?,24?,36-/m0/s1. The number of carbonyl (C=O) groups excluding carboxylic acids is 2. The zero-order chi connectivity index (χ0) is 33.9. The van der Waals surface area contributed by atoms with Crippen LogP contribution in [-0.4, -0.2) is 56.5 Å². The van der Waals surface area contributed by atoms with Crippen LogP contribution in [0.4, 0.5) is 8.78 Å². The summed E-state index contributed by atoms with van der Waals surface area (Å²) in [4.78, 5) is 27.4. The number of nitrogens with one attached hydrogen (secondary N) is 1. The van der Waals surface area contributed by atoms with Gasteiger partial charge < -0.3 is 31.2 Å². The summed E-state index contributed by atoms with van der Waals surface area (Å²) in [5.74, 6) is -2.86. The molecule has 8 nitrogen and oxygen atoms in total. The molecule has 1 aliphatic carbocycles. The van der Waals surface area contributed by atoms with Crippen LogP contribution in [-0.2, 0) is 10.4 Å². The Labute approximate surface area is 279 Å². The number of hydrogen-bond acceptors (Lipinski definition) is 6. The summed E-state index contributed by atoms with van der Waals surface area (Å²) in [6.45, 7) is 3.59. The number of carbonyl (C=O) groups is 2. The Morgan fingerprint density at radius 1 is 1.09 bits per heavy atom. The molecule has 0 spiro atoms. The molecule has 5 N–H and O–H groups in total. The van der Waals surface area contributed by atoms with Crippen LogP contribution in [0.2, 0.25) is 5.02 Å². The van der Waals surface area contributed by atoms with Crippen molar-refractivity contribution in [1.29, 1.82) is 0 Å². The molecule has 0 bridgehead atoms. The van der Waals surface area contributed by atoms with Crippen molar-refractivity contribution in [2.45, 2.75) is 63.0 Å². The number of hydrogen-bond donors (Lipinski definition) is 3. The number of nitrogens with two attached hydrogens (primary N) is 2. The van der Waals surface area contributed by atoms with Crippen molar-refractivity contribution in [3.8, 4) is 22.6 Å². The second-order valence-corrected chi connectivity index (χ2v) is 13.0. The number of ether oxygens (including phenoxy) is 2. The molecule has 1 fully saturated rings. The first kappa shape index (κ1) is 34.6. The van der Waals surface area contributed by atoms with Gasteiger partial charge >= 0.3 is 0 Å². The molecule has 3 aromatic carbocycles. The van der Waals surface area contributed by atoms with E-state index in [1.165, 1.54) is 25.3 Å². The van der Waals surface area contributed by atoms with Crippen molar-refractivity contribution >= 4 is 23.4 Å². The lowest BCUT2D eigenvalue weighted by molar-refractivity contribution is -0.135. The van der Waals surface area contributed by atoms with Crippen LogP contribution < -0.4 is 26.3 Å². The fraction of sp³-hybridized carbons (Fsp3) is 0.444. The summed E-state index contributed by atoms with van der Waals surface area (Å²) in [5.41, 5.74) is 11.2. The monoisotopic (exact) mass is 668 g/mol. The van der Waals surface area contributed by atoms with Crippen LogP contribution in [0.3, 0.4) is 0 Å². The average Bonchev–Trinajstić information content (AvgIpc) is 3.36. The molecule has 0 radical (unpaired) electrons. The Morgan fingerprint density at radius 2 is 1.79 bits per heavy atom. The molecular formula is C36H43ClF2N4O4. The molecule has 2 amide bonds. The van der Waals surface area contributed by atoms with Gasteiger partial charge in [-0.1, -0.05) is 48.9 Å². The zero-order valence-corrected chi connectivity index (χ0v) is 27.8. The number of halogens is 3. The first-order valence-electron chi connectivity index (χ1n) is 16.2. The maximum Gasteiger partial charge on any atom is 0.249 e. The van der Waals surface area contributed by atoms with Crippen molar-refractivity contribution in [2.75, 3.05) is 33.8 Å². The number of unbranched alkanes of at least 4 members (excludes halogenated alkanes) is 1. The van der Waals surface area contributed by atoms with Gasteiger partial charge in [-0.3, -0.25) is 9.59 Å². The lowest BCUT2D eigenvalue weighted by atomic mass is 9.77. The Bertz CT molecular complexity index is 1620. The van der Waals surface area contributed by atoms with Gasteiger partial charge in [0.25, 0.3) is 0 Å². The summed E-state index contributed by atoms with van der Waals surface area (Å²) in [6, 6.07) is 13.6. The van der Waals surface area contributed by atoms with Gasteiger partial charge in [0.2, 0.25) is 11.8 Å². The average molecular weight is 669 g/mol. The summed E-state index contributed by atoms with van der Waals surface area (Å²) < 4.78 is 43.5. The second-order valence-electron chi connectivity index (χ2n) is 12.6. The molecule has 1 aliphatic heterocycles. The van der Waals surface area contributed by atoms with E-state index in [1.807, 2.05) is 49.2 Å². The van der Waals surface area contributed by atoms with E-state index in [4.69, 9.17) is 32.5 Å². The van der Waals surface area contributed by atoms with Crippen molar-refractivity contribution in [3.63, 3.8) is 0 Å². The number of primary amides is 1. The van der Waals surface area contributed by atoms with Crippen molar-refractivity contribution < 1.29 is 27.8 Å². The number of benzene rings is 3. The highest BCUT2D eigenvalue weighted by Crippen LogP contribution is 2.56. The molecule has 0 unspecified atom stereocenters. The van der Waals surface area contributed by atoms with E-state index < -0.39 is 29.1 Å². The van der Waals surface area contributed by atoms with Crippen LogP contribution in [0.5, 0.6) is 11.5 Å². The molecule has 0 aromatic heterocycles. The van der Waals surface area contributed by atoms with E-state index in [0.29, 0.717) is 25.2 Å². The highest BCUT2D eigenvalue weighted by atomic mass is 35.5. The topological polar surface area (TPSA) is 120 Å². The lowest BCUT2D eigenvalue weighted by Gasteiger charge is -2.37. The summed E-state index contributed by atoms with van der Waals surface area (Å²) in [6.07, 6.45) is 4.93. The van der Waals surface area contributed by atoms with Gasteiger partial charge in [0.1, 0.15) is 11.6 Å². The molecule has 1 saturated carbocycles. The third kappa shape index (κ3) is 6.68. The minimum Gasteiger partial charge on any atom is -0.494 e. The first-order chi connectivity index (χ1) is 22.5. The highest BCUT2D eigenvalue weighted by molar-refractivity contribution is 6.34. The number of methoxy groups -OCH3 is 1. The number of amides is 2. The van der Waals surface area contributed by atoms with E-state index >= 15 is 8.78 Å². The molecular weight excluding hydrogens is 626 g/mol. The van der Waals surface area contributed by atoms with E-state index in [1.54, 1.807) is 0 Å². The van der Waals surface area contributed by atoms with Crippen LogP contribution >= 0.6 is 11.6 Å². The lowest BCUT2D eigenvalue weighted by Crippen LogP contribution is -2.48. The molecule has 0 saturated heterocycles. The summed E-state index contributed by atoms with van der Waals surface area (Å²) in [5, 5.41) is 3.34. The predicted octanol–water partition coefficient (Wildman–Crippen LogP) is 6.13. The normalized spacial score (nSPS) is 22.0. The molecule has 3 aromatic rings. The third-order valence-electron chi connectivity index (χ3n) is 9.80. The van der Waals surface area contributed by atoms with Crippen LogP contribution in [0, 0.1) is 17.6 Å². The highest BCUT2D eigenvalue weighted by Gasteiger charge is 2.50. The molecule has 47 heavy (non-hydrogen) atoms. The van der Waals surface area contributed by atoms with Crippen LogP contribution in [0.25, 0.3) is 11.1 Å². The minimum absolute atomic E-state index is 0.00627. The summed E-state index contributed by atoms with van der Waals surface area (Å²) >= 11 is 6.61. The molecule has 2 atom stereocenters. The Hall–Kier alpha value is -3.73. The van der Waals surface area contributed by atoms with Gasteiger partial charge in [-0.15, -0.1) is 0 Å². The van der Waals surface area contributed by atoms with Crippen LogP contribution in [0.15, 0.2) is 48.5 Å². The van der Waals surface area contributed by atoms with Crippen molar-refractivity contribution in [3.05, 3.63) is 81.9 Å². The van der Waals surface area contributed by atoms with Gasteiger partial charge in [-0.05, 0) is 62.8 Å².